The number of allylic oxidation sites excluding steroid dienone is 1. The lowest BCUT2D eigenvalue weighted by Gasteiger charge is -2.21. The number of methoxy groups -OCH3 is 2. The van der Waals surface area contributed by atoms with Crippen molar-refractivity contribution in [2.75, 3.05) is 14.2 Å². The fourth-order valence-electron chi connectivity index (χ4n) is 3.48. The van der Waals surface area contributed by atoms with Gasteiger partial charge in [-0.1, -0.05) is 51.9 Å². The van der Waals surface area contributed by atoms with E-state index in [0.717, 1.165) is 19.3 Å². The van der Waals surface area contributed by atoms with E-state index in [1.165, 1.54) is 52.4 Å². The van der Waals surface area contributed by atoms with E-state index in [-0.39, 0.29) is 22.5 Å². The zero-order valence-corrected chi connectivity index (χ0v) is 16.6. The Hall–Kier alpha value is -2.30. The Balaban J connectivity index is 2.09. The van der Waals surface area contributed by atoms with Crippen LogP contribution in [0.2, 0.25) is 0 Å². The summed E-state index contributed by atoms with van der Waals surface area (Å²) in [7, 11) is 2.93. The average molecular weight is 374 g/mol. The van der Waals surface area contributed by atoms with Crippen LogP contribution in [0, 0.1) is 0 Å². The molecule has 0 spiro atoms. The number of Topliss-reactive ketones (excluding diaryl/α,β-unsaturated/α-hetero) is 2. The van der Waals surface area contributed by atoms with E-state index in [0.29, 0.717) is 17.9 Å². The number of carbonyl (C=O) groups excluding carboxylic acids is 2. The first kappa shape index (κ1) is 21.0. The third-order valence-corrected chi connectivity index (χ3v) is 5.06. The summed E-state index contributed by atoms with van der Waals surface area (Å²) < 4.78 is 10.5. The van der Waals surface area contributed by atoms with E-state index < -0.39 is 11.6 Å². The standard InChI is InChI=1S/C22H30O5/c1-4-5-6-7-8-9-10-11-12-16-20(23)19-17(22(25)21(16)24)13-15(26-2)14-18(19)27-3/h13-14,23H,4-12H2,1-3H3. The molecule has 0 unspecified atom stereocenters. The lowest BCUT2D eigenvalue weighted by atomic mass is 9.85. The molecule has 1 N–H and O–H groups in total. The van der Waals surface area contributed by atoms with Crippen LogP contribution in [0.1, 0.15) is 80.6 Å². The van der Waals surface area contributed by atoms with Crippen molar-refractivity contribution in [2.45, 2.75) is 64.7 Å². The van der Waals surface area contributed by atoms with Crippen LogP contribution in [-0.2, 0) is 4.79 Å². The molecular weight excluding hydrogens is 344 g/mol. The average Bonchev–Trinajstić information content (AvgIpc) is 2.69. The molecule has 0 saturated carbocycles. The fourth-order valence-corrected chi connectivity index (χ4v) is 3.48. The molecule has 148 valence electrons. The fraction of sp³-hybridized carbons (Fsp3) is 0.545. The molecule has 0 aliphatic heterocycles. The van der Waals surface area contributed by atoms with E-state index >= 15 is 0 Å². The van der Waals surface area contributed by atoms with Crippen molar-refractivity contribution in [3.63, 3.8) is 0 Å². The number of hydrogen-bond acceptors (Lipinski definition) is 5. The Morgan fingerprint density at radius 2 is 1.48 bits per heavy atom. The van der Waals surface area contributed by atoms with Crippen LogP contribution in [0.5, 0.6) is 11.5 Å². The van der Waals surface area contributed by atoms with Gasteiger partial charge >= 0.3 is 0 Å². The van der Waals surface area contributed by atoms with E-state index in [1.807, 2.05) is 0 Å². The zero-order valence-electron chi connectivity index (χ0n) is 16.6. The smallest absolute Gasteiger partial charge is 0.234 e. The lowest BCUT2D eigenvalue weighted by Crippen LogP contribution is -2.24. The summed E-state index contributed by atoms with van der Waals surface area (Å²) in [6.45, 7) is 2.20. The molecular formula is C22H30O5. The zero-order chi connectivity index (χ0) is 19.8. The highest BCUT2D eigenvalue weighted by Gasteiger charge is 2.35. The Morgan fingerprint density at radius 3 is 2.07 bits per heavy atom. The first-order chi connectivity index (χ1) is 13.0. The van der Waals surface area contributed by atoms with Gasteiger partial charge in [0.2, 0.25) is 11.6 Å². The highest BCUT2D eigenvalue weighted by atomic mass is 16.5. The van der Waals surface area contributed by atoms with Gasteiger partial charge in [-0.2, -0.15) is 0 Å². The molecule has 0 aromatic heterocycles. The summed E-state index contributed by atoms with van der Waals surface area (Å²) in [6, 6.07) is 3.08. The third kappa shape index (κ3) is 4.90. The summed E-state index contributed by atoms with van der Waals surface area (Å²) in [5.41, 5.74) is 0.618. The van der Waals surface area contributed by atoms with Crippen molar-refractivity contribution < 1.29 is 24.2 Å². The van der Waals surface area contributed by atoms with Crippen LogP contribution >= 0.6 is 0 Å². The van der Waals surface area contributed by atoms with Crippen molar-refractivity contribution in [3.05, 3.63) is 28.8 Å². The molecule has 2 rings (SSSR count). The third-order valence-electron chi connectivity index (χ3n) is 5.06. The molecule has 1 aromatic rings. The minimum atomic E-state index is -0.627. The summed E-state index contributed by atoms with van der Waals surface area (Å²) in [5, 5.41) is 10.7. The van der Waals surface area contributed by atoms with Crippen LogP contribution in [0.25, 0.3) is 5.76 Å². The number of fused-ring (bicyclic) bond motifs is 1. The maximum absolute atomic E-state index is 12.5. The first-order valence-corrected chi connectivity index (χ1v) is 9.82. The van der Waals surface area contributed by atoms with Crippen LogP contribution in [-0.4, -0.2) is 30.9 Å². The Bertz CT molecular complexity index is 718. The van der Waals surface area contributed by atoms with Crippen LogP contribution in [0.15, 0.2) is 17.7 Å². The maximum Gasteiger partial charge on any atom is 0.234 e. The maximum atomic E-state index is 12.5. The van der Waals surface area contributed by atoms with Crippen molar-refractivity contribution in [1.82, 2.24) is 0 Å². The molecule has 1 aliphatic carbocycles. The van der Waals surface area contributed by atoms with E-state index in [4.69, 9.17) is 9.47 Å². The number of hydrogen-bond donors (Lipinski definition) is 1. The molecule has 1 aromatic carbocycles. The second-order valence-electron chi connectivity index (χ2n) is 6.96. The van der Waals surface area contributed by atoms with Gasteiger partial charge in [0.25, 0.3) is 0 Å². The molecule has 5 nitrogen and oxygen atoms in total. The molecule has 0 amide bonds. The van der Waals surface area contributed by atoms with Crippen LogP contribution in [0.3, 0.4) is 0 Å². The number of ether oxygens (including phenoxy) is 2. The molecule has 0 bridgehead atoms. The molecule has 0 saturated heterocycles. The number of unbranched alkanes of at least 4 members (excludes halogenated alkanes) is 7. The topological polar surface area (TPSA) is 72.8 Å². The van der Waals surface area contributed by atoms with Gasteiger partial charge < -0.3 is 14.6 Å². The van der Waals surface area contributed by atoms with Gasteiger partial charge in [0.15, 0.2) is 0 Å². The van der Waals surface area contributed by atoms with Gasteiger partial charge in [-0.25, -0.2) is 0 Å². The summed E-state index contributed by atoms with van der Waals surface area (Å²) >= 11 is 0. The quantitative estimate of drug-likeness (QED) is 0.422. The molecule has 0 atom stereocenters. The van der Waals surface area contributed by atoms with Crippen LogP contribution < -0.4 is 9.47 Å². The Morgan fingerprint density at radius 1 is 0.852 bits per heavy atom. The molecule has 1 aliphatic rings. The highest BCUT2D eigenvalue weighted by molar-refractivity contribution is 6.52. The molecule has 0 radical (unpaired) electrons. The highest BCUT2D eigenvalue weighted by Crippen LogP contribution is 2.39. The van der Waals surface area contributed by atoms with E-state index in [9.17, 15) is 14.7 Å². The summed E-state index contributed by atoms with van der Waals surface area (Å²) in [4.78, 5) is 25.0. The van der Waals surface area contributed by atoms with Crippen molar-refractivity contribution in [3.8, 4) is 11.5 Å². The Kier molecular flexibility index (Phi) is 7.89. The predicted octanol–water partition coefficient (Wildman–Crippen LogP) is 5.27. The first-order valence-electron chi connectivity index (χ1n) is 9.82. The summed E-state index contributed by atoms with van der Waals surface area (Å²) in [5.74, 6) is -0.646. The molecule has 5 heteroatoms. The predicted molar refractivity (Wildman–Crippen MR) is 106 cm³/mol. The van der Waals surface area contributed by atoms with Crippen molar-refractivity contribution in [2.24, 2.45) is 0 Å². The second kappa shape index (κ2) is 10.1. The number of ketones is 2. The van der Waals surface area contributed by atoms with Gasteiger partial charge in [0.1, 0.15) is 17.3 Å². The number of carbonyl (C=O) groups is 2. The normalized spacial score (nSPS) is 13.7. The van der Waals surface area contributed by atoms with Crippen molar-refractivity contribution >= 4 is 17.3 Å². The second-order valence-corrected chi connectivity index (χ2v) is 6.96. The monoisotopic (exact) mass is 374 g/mol. The van der Waals surface area contributed by atoms with E-state index in [2.05, 4.69) is 6.92 Å². The SMILES string of the molecule is CCCCCCCCCCC1=C(O)c2c(OC)cc(OC)cc2C(=O)C1=O. The van der Waals surface area contributed by atoms with Crippen LogP contribution in [0.4, 0.5) is 0 Å². The number of benzene rings is 1. The molecule has 27 heavy (non-hydrogen) atoms. The van der Waals surface area contributed by atoms with Gasteiger partial charge in [-0.3, -0.25) is 9.59 Å². The molecule has 0 fully saturated rings. The number of aliphatic hydroxyl groups excluding tert-OH is 1. The van der Waals surface area contributed by atoms with Gasteiger partial charge in [-0.15, -0.1) is 0 Å². The van der Waals surface area contributed by atoms with Gasteiger partial charge in [-0.05, 0) is 18.9 Å². The van der Waals surface area contributed by atoms with Gasteiger partial charge in [0, 0.05) is 17.2 Å². The number of rotatable bonds is 11. The summed E-state index contributed by atoms with van der Waals surface area (Å²) in [6.07, 6.45) is 9.49. The van der Waals surface area contributed by atoms with E-state index in [1.54, 1.807) is 6.07 Å². The Labute approximate surface area is 161 Å². The molecule has 0 heterocycles. The minimum absolute atomic E-state index is 0.133. The lowest BCUT2D eigenvalue weighted by molar-refractivity contribution is -0.112. The largest absolute Gasteiger partial charge is 0.507 e. The van der Waals surface area contributed by atoms with Gasteiger partial charge in [0.05, 0.1) is 19.8 Å². The minimum Gasteiger partial charge on any atom is -0.507 e. The number of aliphatic hydroxyl groups is 1. The van der Waals surface area contributed by atoms with Crippen molar-refractivity contribution in [1.29, 1.82) is 0 Å².